The van der Waals surface area contributed by atoms with Crippen LogP contribution < -0.4 is 4.90 Å². The van der Waals surface area contributed by atoms with Gasteiger partial charge >= 0.3 is 5.97 Å². The highest BCUT2D eigenvalue weighted by molar-refractivity contribution is 5.96. The third-order valence-corrected chi connectivity index (χ3v) is 5.33. The van der Waals surface area contributed by atoms with Gasteiger partial charge in [0.25, 0.3) is 0 Å². The van der Waals surface area contributed by atoms with Gasteiger partial charge in [-0.15, -0.1) is 0 Å². The third kappa shape index (κ3) is 6.13. The number of amides is 1. The SMILES string of the molecule is CN(CC(=O)OC(C)(C)C)CC(=O)N1CCC[C@@H](c2ccc(F)cc2)c2ccc(F)cc21. The molecule has 5 nitrogen and oxygen atoms in total. The molecule has 2 aromatic rings. The zero-order chi connectivity index (χ0) is 23.5. The number of fused-ring (bicyclic) bond motifs is 1. The van der Waals surface area contributed by atoms with Gasteiger partial charge in [-0.1, -0.05) is 18.2 Å². The molecule has 0 unspecified atom stereocenters. The minimum Gasteiger partial charge on any atom is -0.459 e. The largest absolute Gasteiger partial charge is 0.459 e. The van der Waals surface area contributed by atoms with E-state index in [9.17, 15) is 18.4 Å². The van der Waals surface area contributed by atoms with Crippen LogP contribution in [0.15, 0.2) is 42.5 Å². The minimum atomic E-state index is -0.599. The quantitative estimate of drug-likeness (QED) is 0.638. The Labute approximate surface area is 188 Å². The number of hydrogen-bond donors (Lipinski definition) is 0. The summed E-state index contributed by atoms with van der Waals surface area (Å²) in [6.45, 7) is 5.78. The molecule has 0 fully saturated rings. The lowest BCUT2D eigenvalue weighted by Crippen LogP contribution is -2.42. The van der Waals surface area contributed by atoms with E-state index in [1.807, 2.05) is 0 Å². The van der Waals surface area contributed by atoms with Crippen LogP contribution in [0.4, 0.5) is 14.5 Å². The molecule has 0 saturated heterocycles. The van der Waals surface area contributed by atoms with Crippen molar-refractivity contribution in [1.29, 1.82) is 0 Å². The molecule has 3 rings (SSSR count). The number of esters is 1. The first kappa shape index (κ1) is 23.9. The molecule has 1 aliphatic heterocycles. The fourth-order valence-electron chi connectivity index (χ4n) is 4.04. The highest BCUT2D eigenvalue weighted by Gasteiger charge is 2.29. The molecule has 0 spiro atoms. The van der Waals surface area contributed by atoms with Crippen LogP contribution in [-0.2, 0) is 14.3 Å². The molecular weight excluding hydrogens is 414 g/mol. The van der Waals surface area contributed by atoms with E-state index in [0.29, 0.717) is 18.7 Å². The van der Waals surface area contributed by atoms with Crippen molar-refractivity contribution in [1.82, 2.24) is 4.90 Å². The van der Waals surface area contributed by atoms with Gasteiger partial charge in [0, 0.05) is 12.5 Å². The van der Waals surface area contributed by atoms with Crippen molar-refractivity contribution in [3.05, 3.63) is 65.2 Å². The fourth-order valence-corrected chi connectivity index (χ4v) is 4.04. The Morgan fingerprint density at radius 2 is 1.72 bits per heavy atom. The summed E-state index contributed by atoms with van der Waals surface area (Å²) >= 11 is 0. The average molecular weight is 445 g/mol. The van der Waals surface area contributed by atoms with Crippen LogP contribution >= 0.6 is 0 Å². The predicted octanol–water partition coefficient (Wildman–Crippen LogP) is 4.50. The molecule has 0 aliphatic carbocycles. The maximum absolute atomic E-state index is 14.2. The smallest absolute Gasteiger partial charge is 0.320 e. The molecule has 7 heteroatoms. The molecule has 1 heterocycles. The average Bonchev–Trinajstić information content (AvgIpc) is 2.86. The number of likely N-dealkylation sites (N-methyl/N-ethyl adjacent to an activating group) is 1. The normalized spacial score (nSPS) is 16.5. The lowest BCUT2D eigenvalue weighted by molar-refractivity contribution is -0.155. The summed E-state index contributed by atoms with van der Waals surface area (Å²) in [4.78, 5) is 28.4. The van der Waals surface area contributed by atoms with Crippen LogP contribution in [0.1, 0.15) is 50.7 Å². The van der Waals surface area contributed by atoms with Crippen molar-refractivity contribution < 1.29 is 23.1 Å². The number of carbonyl (C=O) groups is 2. The number of rotatable bonds is 5. The molecule has 1 amide bonds. The second kappa shape index (κ2) is 9.77. The molecule has 0 bridgehead atoms. The molecule has 172 valence electrons. The van der Waals surface area contributed by atoms with Gasteiger partial charge in [-0.25, -0.2) is 8.78 Å². The number of halogens is 2. The van der Waals surface area contributed by atoms with Crippen LogP contribution in [0.3, 0.4) is 0 Å². The molecule has 2 aromatic carbocycles. The summed E-state index contributed by atoms with van der Waals surface area (Å²) in [5, 5.41) is 0. The fraction of sp³-hybridized carbons (Fsp3) is 0.440. The van der Waals surface area contributed by atoms with E-state index in [4.69, 9.17) is 4.74 Å². The van der Waals surface area contributed by atoms with Crippen LogP contribution in [0.5, 0.6) is 0 Å². The molecule has 1 atom stereocenters. The highest BCUT2D eigenvalue weighted by Crippen LogP contribution is 2.39. The summed E-state index contributed by atoms with van der Waals surface area (Å²) in [5.74, 6) is -1.44. The van der Waals surface area contributed by atoms with E-state index in [1.165, 1.54) is 24.3 Å². The number of carbonyl (C=O) groups excluding carboxylic acids is 2. The Balaban J connectivity index is 1.81. The van der Waals surface area contributed by atoms with Crippen molar-refractivity contribution in [3.63, 3.8) is 0 Å². The van der Waals surface area contributed by atoms with Gasteiger partial charge in [-0.05, 0) is 76.1 Å². The van der Waals surface area contributed by atoms with Crippen LogP contribution in [-0.4, -0.2) is 49.1 Å². The van der Waals surface area contributed by atoms with E-state index >= 15 is 0 Å². The van der Waals surface area contributed by atoms with Gasteiger partial charge in [-0.2, -0.15) is 0 Å². The first-order chi connectivity index (χ1) is 15.0. The van der Waals surface area contributed by atoms with Crippen LogP contribution in [0.25, 0.3) is 0 Å². The maximum Gasteiger partial charge on any atom is 0.320 e. The number of hydrogen-bond acceptors (Lipinski definition) is 4. The van der Waals surface area contributed by atoms with Crippen molar-refractivity contribution in [2.24, 2.45) is 0 Å². The number of nitrogens with zero attached hydrogens (tertiary/aromatic N) is 2. The van der Waals surface area contributed by atoms with Crippen molar-refractivity contribution in [3.8, 4) is 0 Å². The van der Waals surface area contributed by atoms with Gasteiger partial charge in [0.1, 0.15) is 17.2 Å². The van der Waals surface area contributed by atoms with Crippen molar-refractivity contribution >= 4 is 17.6 Å². The summed E-state index contributed by atoms with van der Waals surface area (Å²) in [6, 6.07) is 10.8. The lowest BCUT2D eigenvalue weighted by Gasteiger charge is -2.27. The van der Waals surface area contributed by atoms with Crippen molar-refractivity contribution in [2.45, 2.75) is 45.1 Å². The molecule has 0 N–H and O–H groups in total. The zero-order valence-corrected chi connectivity index (χ0v) is 19.0. The summed E-state index contributed by atoms with van der Waals surface area (Å²) in [6.07, 6.45) is 1.46. The van der Waals surface area contributed by atoms with Crippen LogP contribution in [0, 0.1) is 11.6 Å². The molecular formula is C25H30F2N2O3. The van der Waals surface area contributed by atoms with E-state index in [1.54, 1.807) is 55.8 Å². The van der Waals surface area contributed by atoms with E-state index < -0.39 is 17.4 Å². The second-order valence-corrected chi connectivity index (χ2v) is 9.25. The van der Waals surface area contributed by atoms with Gasteiger partial charge in [0.2, 0.25) is 5.91 Å². The van der Waals surface area contributed by atoms with E-state index in [0.717, 1.165) is 17.5 Å². The van der Waals surface area contributed by atoms with E-state index in [2.05, 4.69) is 0 Å². The molecule has 32 heavy (non-hydrogen) atoms. The topological polar surface area (TPSA) is 49.9 Å². The van der Waals surface area contributed by atoms with Gasteiger partial charge in [0.15, 0.2) is 0 Å². The second-order valence-electron chi connectivity index (χ2n) is 9.25. The Hall–Kier alpha value is -2.80. The van der Waals surface area contributed by atoms with E-state index in [-0.39, 0.29) is 30.7 Å². The Kier molecular flexibility index (Phi) is 7.29. The predicted molar refractivity (Wildman–Crippen MR) is 120 cm³/mol. The Morgan fingerprint density at radius 3 is 2.38 bits per heavy atom. The summed E-state index contributed by atoms with van der Waals surface area (Å²) in [5.41, 5.74) is 1.68. The Bertz CT molecular complexity index is 970. The first-order valence-electron chi connectivity index (χ1n) is 10.8. The molecule has 1 aliphatic rings. The van der Waals surface area contributed by atoms with Gasteiger partial charge < -0.3 is 9.64 Å². The first-order valence-corrected chi connectivity index (χ1v) is 10.8. The third-order valence-electron chi connectivity index (χ3n) is 5.33. The number of benzene rings is 2. The summed E-state index contributed by atoms with van der Waals surface area (Å²) < 4.78 is 32.9. The van der Waals surface area contributed by atoms with Crippen LogP contribution in [0.2, 0.25) is 0 Å². The minimum absolute atomic E-state index is 0.00356. The summed E-state index contributed by atoms with van der Waals surface area (Å²) in [7, 11) is 1.67. The lowest BCUT2D eigenvalue weighted by atomic mass is 9.87. The molecule has 0 aromatic heterocycles. The Morgan fingerprint density at radius 1 is 1.06 bits per heavy atom. The highest BCUT2D eigenvalue weighted by atomic mass is 19.1. The number of ether oxygens (including phenoxy) is 1. The maximum atomic E-state index is 14.2. The zero-order valence-electron chi connectivity index (χ0n) is 19.0. The standard InChI is InChI=1S/C25H30F2N2O3/c1-25(2,3)32-24(31)16-28(4)15-23(30)29-13-5-6-20(17-7-9-18(26)10-8-17)21-12-11-19(27)14-22(21)29/h7-12,14,20H,5-6,13,15-16H2,1-4H3/t20-/m0/s1. The van der Waals surface area contributed by atoms with Gasteiger partial charge in [-0.3, -0.25) is 14.5 Å². The monoisotopic (exact) mass is 444 g/mol. The van der Waals surface area contributed by atoms with Crippen molar-refractivity contribution in [2.75, 3.05) is 31.6 Å². The molecule has 0 radical (unpaired) electrons. The molecule has 0 saturated carbocycles. The van der Waals surface area contributed by atoms with Gasteiger partial charge in [0.05, 0.1) is 18.8 Å². The number of anilines is 1.